The summed E-state index contributed by atoms with van der Waals surface area (Å²) in [4.78, 5) is 12.6. The number of rotatable bonds is 6. The van der Waals surface area contributed by atoms with E-state index in [-0.39, 0.29) is 0 Å². The number of aryl methyl sites for hydroxylation is 2. The maximum Gasteiger partial charge on any atom is 0.153 e. The summed E-state index contributed by atoms with van der Waals surface area (Å²) >= 11 is 0. The third kappa shape index (κ3) is 3.59. The van der Waals surface area contributed by atoms with Crippen molar-refractivity contribution >= 4 is 5.78 Å². The summed E-state index contributed by atoms with van der Waals surface area (Å²) in [5.41, 5.74) is 3.27. The van der Waals surface area contributed by atoms with Crippen molar-refractivity contribution in [2.45, 2.75) is 25.7 Å². The molecule has 0 aliphatic heterocycles. The highest BCUT2D eigenvalue weighted by molar-refractivity contribution is 5.92. The number of alkyl halides is 2. The van der Waals surface area contributed by atoms with Gasteiger partial charge in [-0.1, -0.05) is 59.7 Å². The van der Waals surface area contributed by atoms with E-state index >= 15 is 0 Å². The molecule has 0 fully saturated rings. The van der Waals surface area contributed by atoms with Crippen LogP contribution in [0, 0.1) is 13.8 Å². The second-order valence-corrected chi connectivity index (χ2v) is 5.64. The topological polar surface area (TPSA) is 17.1 Å². The van der Waals surface area contributed by atoms with Crippen LogP contribution in [0.2, 0.25) is 0 Å². The molecule has 0 spiro atoms. The largest absolute Gasteiger partial charge is 0.298 e. The van der Waals surface area contributed by atoms with Gasteiger partial charge in [-0.25, -0.2) is 8.78 Å². The molecule has 0 amide bonds. The summed E-state index contributed by atoms with van der Waals surface area (Å²) in [6, 6.07) is 14.3. The van der Waals surface area contributed by atoms with Gasteiger partial charge >= 0.3 is 0 Å². The molecule has 116 valence electrons. The molecular formula is C19H20F2O. The average Bonchev–Trinajstić information content (AvgIpc) is 2.52. The highest BCUT2D eigenvalue weighted by Crippen LogP contribution is 2.28. The average molecular weight is 302 g/mol. The molecule has 0 saturated heterocycles. The van der Waals surface area contributed by atoms with Gasteiger partial charge in [0, 0.05) is 0 Å². The molecule has 0 aliphatic rings. The van der Waals surface area contributed by atoms with E-state index in [1.165, 1.54) is 0 Å². The van der Waals surface area contributed by atoms with E-state index in [0.29, 0.717) is 11.1 Å². The number of benzene rings is 2. The van der Waals surface area contributed by atoms with Gasteiger partial charge in [0.15, 0.2) is 5.78 Å². The highest BCUT2D eigenvalue weighted by Gasteiger charge is 2.29. The lowest BCUT2D eigenvalue weighted by Crippen LogP contribution is -2.23. The van der Waals surface area contributed by atoms with Gasteiger partial charge in [-0.05, 0) is 25.0 Å². The third-order valence-electron chi connectivity index (χ3n) is 3.95. The van der Waals surface area contributed by atoms with E-state index in [2.05, 4.69) is 0 Å². The zero-order chi connectivity index (χ0) is 16.1. The first kappa shape index (κ1) is 16.3. The van der Waals surface area contributed by atoms with Crippen molar-refractivity contribution in [3.05, 3.63) is 70.8 Å². The second-order valence-electron chi connectivity index (χ2n) is 5.64. The van der Waals surface area contributed by atoms with Crippen LogP contribution in [-0.4, -0.2) is 19.1 Å². The van der Waals surface area contributed by atoms with Crippen molar-refractivity contribution in [1.82, 2.24) is 0 Å². The molecule has 0 aromatic heterocycles. The van der Waals surface area contributed by atoms with Crippen molar-refractivity contribution in [3.8, 4) is 0 Å². The van der Waals surface area contributed by atoms with E-state index in [1.54, 1.807) is 24.3 Å². The Kier molecular flexibility index (Phi) is 5.42. The van der Waals surface area contributed by atoms with Gasteiger partial charge in [0.2, 0.25) is 0 Å². The molecular weight excluding hydrogens is 282 g/mol. The fraction of sp³-hybridized carbons (Fsp3) is 0.316. The van der Waals surface area contributed by atoms with Gasteiger partial charge in [0.05, 0.1) is 11.8 Å². The lowest BCUT2D eigenvalue weighted by molar-refractivity contribution is -0.122. The lowest BCUT2D eigenvalue weighted by Gasteiger charge is -2.19. The minimum Gasteiger partial charge on any atom is -0.298 e. The van der Waals surface area contributed by atoms with Gasteiger partial charge in [-0.15, -0.1) is 0 Å². The normalized spacial score (nSPS) is 13.6. The molecule has 0 heterocycles. The Labute approximate surface area is 130 Å². The first-order valence-electron chi connectivity index (χ1n) is 7.35. The number of Topliss-reactive ketones (excluding diaryl/α,β-unsaturated/α-hetero) is 1. The number of ketones is 1. The summed E-state index contributed by atoms with van der Waals surface area (Å²) in [6.45, 7) is 2.22. The summed E-state index contributed by atoms with van der Waals surface area (Å²) in [5, 5.41) is 0. The first-order valence-corrected chi connectivity index (χ1v) is 7.35. The molecule has 3 heteroatoms. The Balaban J connectivity index is 2.29. The quantitative estimate of drug-likeness (QED) is 0.757. The third-order valence-corrected chi connectivity index (χ3v) is 3.95. The van der Waals surface area contributed by atoms with E-state index in [9.17, 15) is 13.6 Å². The molecule has 2 atom stereocenters. The van der Waals surface area contributed by atoms with Crippen LogP contribution >= 0.6 is 0 Å². The van der Waals surface area contributed by atoms with E-state index < -0.39 is 31.0 Å². The van der Waals surface area contributed by atoms with Crippen LogP contribution in [-0.2, 0) is 4.79 Å². The van der Waals surface area contributed by atoms with Crippen LogP contribution in [0.15, 0.2) is 48.5 Å². The van der Waals surface area contributed by atoms with Gasteiger partial charge in [0.25, 0.3) is 0 Å². The summed E-state index contributed by atoms with van der Waals surface area (Å²) < 4.78 is 26.9. The molecule has 22 heavy (non-hydrogen) atoms. The van der Waals surface area contributed by atoms with Gasteiger partial charge in [-0.2, -0.15) is 0 Å². The van der Waals surface area contributed by atoms with E-state index in [4.69, 9.17) is 0 Å². The smallest absolute Gasteiger partial charge is 0.153 e. The minimum atomic E-state index is -0.914. The highest BCUT2D eigenvalue weighted by atomic mass is 19.1. The number of carbonyl (C=O) groups excluding carboxylic acids is 1. The molecule has 2 unspecified atom stereocenters. The van der Waals surface area contributed by atoms with Crippen molar-refractivity contribution in [2.75, 3.05) is 13.3 Å². The summed E-state index contributed by atoms with van der Waals surface area (Å²) in [6.07, 6.45) is 0. The van der Waals surface area contributed by atoms with Crippen LogP contribution in [0.3, 0.4) is 0 Å². The van der Waals surface area contributed by atoms with Crippen LogP contribution in [0.1, 0.15) is 34.1 Å². The Morgan fingerprint density at radius 2 is 1.09 bits per heavy atom. The SMILES string of the molecule is Cc1ccc(C(CF)C(=O)C(CF)c2ccc(C)cc2)cc1. The first-order chi connectivity index (χ1) is 10.6. The number of hydrogen-bond acceptors (Lipinski definition) is 1. The minimum absolute atomic E-state index is 0.405. The molecule has 2 aromatic carbocycles. The summed E-state index contributed by atoms with van der Waals surface area (Å²) in [5.74, 6) is -2.23. The monoisotopic (exact) mass is 302 g/mol. The molecule has 1 nitrogen and oxygen atoms in total. The molecule has 2 rings (SSSR count). The summed E-state index contributed by atoms with van der Waals surface area (Å²) in [7, 11) is 0. The van der Waals surface area contributed by atoms with Crippen LogP contribution < -0.4 is 0 Å². The zero-order valence-electron chi connectivity index (χ0n) is 12.9. The molecule has 0 saturated carbocycles. The van der Waals surface area contributed by atoms with Crippen molar-refractivity contribution < 1.29 is 13.6 Å². The number of carbonyl (C=O) groups is 1. The van der Waals surface area contributed by atoms with Crippen LogP contribution in [0.4, 0.5) is 8.78 Å². The predicted molar refractivity (Wildman–Crippen MR) is 84.8 cm³/mol. The molecule has 0 N–H and O–H groups in total. The molecule has 0 bridgehead atoms. The maximum atomic E-state index is 13.4. The fourth-order valence-electron chi connectivity index (χ4n) is 2.50. The Hall–Kier alpha value is -2.03. The van der Waals surface area contributed by atoms with Gasteiger partial charge in [-0.3, -0.25) is 4.79 Å². The maximum absolute atomic E-state index is 13.4. The Bertz CT molecular complexity index is 561. The number of hydrogen-bond donors (Lipinski definition) is 0. The van der Waals surface area contributed by atoms with Crippen molar-refractivity contribution in [1.29, 1.82) is 0 Å². The van der Waals surface area contributed by atoms with Gasteiger partial charge in [0.1, 0.15) is 13.3 Å². The van der Waals surface area contributed by atoms with Crippen LogP contribution in [0.25, 0.3) is 0 Å². The van der Waals surface area contributed by atoms with E-state index in [0.717, 1.165) is 11.1 Å². The van der Waals surface area contributed by atoms with Crippen molar-refractivity contribution in [3.63, 3.8) is 0 Å². The predicted octanol–water partition coefficient (Wildman–Crippen LogP) is 4.68. The second kappa shape index (κ2) is 7.30. The lowest BCUT2D eigenvalue weighted by atomic mass is 9.84. The molecule has 0 radical (unpaired) electrons. The Morgan fingerprint density at radius 1 is 0.773 bits per heavy atom. The number of halogens is 2. The standard InChI is InChI=1S/C19H20F2O/c1-13-3-7-15(8-4-13)17(11-20)19(22)18(12-21)16-9-5-14(2)6-10-16/h3-10,17-18H,11-12H2,1-2H3. The molecule has 2 aromatic rings. The molecule has 0 aliphatic carbocycles. The van der Waals surface area contributed by atoms with E-state index in [1.807, 2.05) is 38.1 Å². The van der Waals surface area contributed by atoms with Crippen molar-refractivity contribution in [2.24, 2.45) is 0 Å². The fourth-order valence-corrected chi connectivity index (χ4v) is 2.50. The zero-order valence-corrected chi connectivity index (χ0v) is 12.9. The van der Waals surface area contributed by atoms with Gasteiger partial charge < -0.3 is 0 Å². The Morgan fingerprint density at radius 3 is 1.36 bits per heavy atom. The van der Waals surface area contributed by atoms with Crippen LogP contribution in [0.5, 0.6) is 0 Å².